The molecular formula is C24H27ClN2O2. The summed E-state index contributed by atoms with van der Waals surface area (Å²) in [6.45, 7) is 6.14. The lowest BCUT2D eigenvalue weighted by molar-refractivity contribution is -0.134. The molecule has 0 radical (unpaired) electrons. The molecule has 5 heteroatoms. The number of carbonyl (C=O) groups is 1. The molecule has 0 aliphatic carbocycles. The number of ether oxygens (including phenoxy) is 1. The SMILES string of the molecule is CC(C)CN(Cc1cccn1Cc1ccccc1Cl)C(=O)COc1ccccc1. The predicted molar refractivity (Wildman–Crippen MR) is 117 cm³/mol. The first kappa shape index (κ1) is 21.0. The van der Waals surface area contributed by atoms with E-state index in [1.54, 1.807) is 0 Å². The Morgan fingerprint density at radius 1 is 1.03 bits per heavy atom. The van der Waals surface area contributed by atoms with Gasteiger partial charge < -0.3 is 14.2 Å². The van der Waals surface area contributed by atoms with E-state index < -0.39 is 0 Å². The molecule has 1 heterocycles. The highest BCUT2D eigenvalue weighted by atomic mass is 35.5. The topological polar surface area (TPSA) is 34.5 Å². The van der Waals surface area contributed by atoms with E-state index in [0.29, 0.717) is 31.3 Å². The number of hydrogen-bond donors (Lipinski definition) is 0. The zero-order chi connectivity index (χ0) is 20.6. The summed E-state index contributed by atoms with van der Waals surface area (Å²) >= 11 is 6.32. The number of rotatable bonds is 9. The van der Waals surface area contributed by atoms with Gasteiger partial charge in [-0.3, -0.25) is 4.79 Å². The van der Waals surface area contributed by atoms with Crippen LogP contribution in [0.1, 0.15) is 25.1 Å². The van der Waals surface area contributed by atoms with Crippen molar-refractivity contribution in [1.82, 2.24) is 9.47 Å². The van der Waals surface area contributed by atoms with Gasteiger partial charge in [-0.1, -0.05) is 61.8 Å². The molecule has 0 aliphatic heterocycles. The van der Waals surface area contributed by atoms with Crippen molar-refractivity contribution in [1.29, 1.82) is 0 Å². The van der Waals surface area contributed by atoms with Crippen LogP contribution >= 0.6 is 11.6 Å². The minimum absolute atomic E-state index is 0.0203. The average Bonchev–Trinajstić information content (AvgIpc) is 3.14. The van der Waals surface area contributed by atoms with Gasteiger partial charge in [0.25, 0.3) is 5.91 Å². The van der Waals surface area contributed by atoms with Gasteiger partial charge in [-0.15, -0.1) is 0 Å². The first-order valence-electron chi connectivity index (χ1n) is 9.86. The second kappa shape index (κ2) is 10.2. The molecule has 0 bridgehead atoms. The number of para-hydroxylation sites is 1. The number of benzene rings is 2. The lowest BCUT2D eigenvalue weighted by Gasteiger charge is -2.25. The first-order valence-corrected chi connectivity index (χ1v) is 10.2. The maximum absolute atomic E-state index is 12.9. The van der Waals surface area contributed by atoms with Crippen molar-refractivity contribution in [2.75, 3.05) is 13.2 Å². The van der Waals surface area contributed by atoms with E-state index >= 15 is 0 Å². The smallest absolute Gasteiger partial charge is 0.260 e. The molecule has 0 N–H and O–H groups in total. The van der Waals surface area contributed by atoms with E-state index in [2.05, 4.69) is 24.5 Å². The lowest BCUT2D eigenvalue weighted by Crippen LogP contribution is -2.37. The van der Waals surface area contributed by atoms with Gasteiger partial charge in [0, 0.05) is 30.0 Å². The average molecular weight is 411 g/mol. The molecule has 0 spiro atoms. The number of nitrogens with zero attached hydrogens (tertiary/aromatic N) is 2. The van der Waals surface area contributed by atoms with Gasteiger partial charge >= 0.3 is 0 Å². The van der Waals surface area contributed by atoms with Crippen LogP contribution in [-0.4, -0.2) is 28.5 Å². The van der Waals surface area contributed by atoms with Crippen LogP contribution in [0.2, 0.25) is 5.02 Å². The molecule has 0 unspecified atom stereocenters. The number of carbonyl (C=O) groups excluding carboxylic acids is 1. The predicted octanol–water partition coefficient (Wildman–Crippen LogP) is 5.25. The van der Waals surface area contributed by atoms with Crippen LogP contribution in [0.15, 0.2) is 72.9 Å². The van der Waals surface area contributed by atoms with Crippen LogP contribution < -0.4 is 4.74 Å². The zero-order valence-corrected chi connectivity index (χ0v) is 17.7. The van der Waals surface area contributed by atoms with Crippen LogP contribution in [0.25, 0.3) is 0 Å². The maximum atomic E-state index is 12.9. The Kier molecular flexibility index (Phi) is 7.36. The Labute approximate surface area is 177 Å². The van der Waals surface area contributed by atoms with Gasteiger partial charge in [-0.25, -0.2) is 0 Å². The fourth-order valence-corrected chi connectivity index (χ4v) is 3.40. The fourth-order valence-electron chi connectivity index (χ4n) is 3.20. The minimum atomic E-state index is -0.0203. The van der Waals surface area contributed by atoms with E-state index in [1.807, 2.05) is 71.8 Å². The third kappa shape index (κ3) is 6.13. The van der Waals surface area contributed by atoms with Gasteiger partial charge in [-0.05, 0) is 41.8 Å². The van der Waals surface area contributed by atoms with Crippen molar-refractivity contribution in [3.63, 3.8) is 0 Å². The molecule has 0 saturated heterocycles. The van der Waals surface area contributed by atoms with Gasteiger partial charge in [0.15, 0.2) is 6.61 Å². The Balaban J connectivity index is 1.69. The summed E-state index contributed by atoms with van der Waals surface area (Å²) in [4.78, 5) is 14.7. The molecule has 1 amide bonds. The van der Waals surface area contributed by atoms with E-state index in [-0.39, 0.29) is 12.5 Å². The molecule has 152 valence electrons. The van der Waals surface area contributed by atoms with Crippen molar-refractivity contribution in [2.45, 2.75) is 26.9 Å². The molecular weight excluding hydrogens is 384 g/mol. The Morgan fingerprint density at radius 3 is 2.48 bits per heavy atom. The van der Waals surface area contributed by atoms with E-state index in [4.69, 9.17) is 16.3 Å². The number of halogens is 1. The van der Waals surface area contributed by atoms with Gasteiger partial charge in [0.2, 0.25) is 0 Å². The summed E-state index contributed by atoms with van der Waals surface area (Å²) in [5.74, 6) is 1.04. The number of aromatic nitrogens is 1. The molecule has 0 fully saturated rings. The monoisotopic (exact) mass is 410 g/mol. The second-order valence-electron chi connectivity index (χ2n) is 7.49. The second-order valence-corrected chi connectivity index (χ2v) is 7.90. The van der Waals surface area contributed by atoms with Crippen molar-refractivity contribution < 1.29 is 9.53 Å². The highest BCUT2D eigenvalue weighted by Crippen LogP contribution is 2.18. The quantitative estimate of drug-likeness (QED) is 0.482. The molecule has 4 nitrogen and oxygen atoms in total. The van der Waals surface area contributed by atoms with Crippen molar-refractivity contribution >= 4 is 17.5 Å². The molecule has 29 heavy (non-hydrogen) atoms. The van der Waals surface area contributed by atoms with Crippen LogP contribution in [0.5, 0.6) is 5.75 Å². The summed E-state index contributed by atoms with van der Waals surface area (Å²) in [6.07, 6.45) is 2.02. The summed E-state index contributed by atoms with van der Waals surface area (Å²) in [6, 6.07) is 21.3. The summed E-state index contributed by atoms with van der Waals surface area (Å²) in [5.41, 5.74) is 2.12. The highest BCUT2D eigenvalue weighted by molar-refractivity contribution is 6.31. The number of hydrogen-bond acceptors (Lipinski definition) is 2. The molecule has 1 aromatic heterocycles. The van der Waals surface area contributed by atoms with Gasteiger partial charge in [0.1, 0.15) is 5.75 Å². The Bertz CT molecular complexity index is 921. The van der Waals surface area contributed by atoms with Crippen LogP contribution in [0, 0.1) is 5.92 Å². The van der Waals surface area contributed by atoms with Gasteiger partial charge in [-0.2, -0.15) is 0 Å². The van der Waals surface area contributed by atoms with Crippen molar-refractivity contribution in [3.8, 4) is 5.75 Å². The third-order valence-electron chi connectivity index (χ3n) is 4.62. The van der Waals surface area contributed by atoms with Crippen LogP contribution in [-0.2, 0) is 17.9 Å². The largest absolute Gasteiger partial charge is 0.484 e. The standard InChI is InChI=1S/C24H27ClN2O2/c1-19(2)15-27(24(28)18-29-22-11-4-3-5-12-22)17-21-10-8-14-26(21)16-20-9-6-7-13-23(20)25/h3-14,19H,15-18H2,1-2H3. The molecule has 3 aromatic rings. The van der Waals surface area contributed by atoms with E-state index in [0.717, 1.165) is 16.3 Å². The minimum Gasteiger partial charge on any atom is -0.484 e. The summed E-state index contributed by atoms with van der Waals surface area (Å²) < 4.78 is 7.81. The Morgan fingerprint density at radius 2 is 1.76 bits per heavy atom. The summed E-state index contributed by atoms with van der Waals surface area (Å²) in [5, 5.41) is 0.749. The third-order valence-corrected chi connectivity index (χ3v) is 4.99. The molecule has 0 saturated carbocycles. The molecule has 3 rings (SSSR count). The molecule has 0 atom stereocenters. The van der Waals surface area contributed by atoms with Crippen LogP contribution in [0.4, 0.5) is 0 Å². The van der Waals surface area contributed by atoms with Crippen molar-refractivity contribution in [2.24, 2.45) is 5.92 Å². The number of amides is 1. The molecule has 2 aromatic carbocycles. The zero-order valence-electron chi connectivity index (χ0n) is 16.9. The molecule has 0 aliphatic rings. The normalized spacial score (nSPS) is 10.9. The Hall–Kier alpha value is -2.72. The van der Waals surface area contributed by atoms with E-state index in [9.17, 15) is 4.79 Å². The lowest BCUT2D eigenvalue weighted by atomic mass is 10.2. The van der Waals surface area contributed by atoms with Crippen molar-refractivity contribution in [3.05, 3.63) is 89.2 Å². The summed E-state index contributed by atoms with van der Waals surface area (Å²) in [7, 11) is 0. The maximum Gasteiger partial charge on any atom is 0.260 e. The highest BCUT2D eigenvalue weighted by Gasteiger charge is 2.18. The van der Waals surface area contributed by atoms with Gasteiger partial charge in [0.05, 0.1) is 6.54 Å². The first-order chi connectivity index (χ1) is 14.0. The van der Waals surface area contributed by atoms with E-state index in [1.165, 1.54) is 0 Å². The van der Waals surface area contributed by atoms with Crippen LogP contribution in [0.3, 0.4) is 0 Å². The fraction of sp³-hybridized carbons (Fsp3) is 0.292.